The Morgan fingerprint density at radius 1 is 1.45 bits per heavy atom. The Morgan fingerprint density at radius 2 is 2.09 bits per heavy atom. The first-order valence-corrected chi connectivity index (χ1v) is 3.48. The maximum absolute atomic E-state index is 10.9. The molecular formula is C7H15NO3. The lowest BCUT2D eigenvalue weighted by Gasteiger charge is -2.08. The Labute approximate surface area is 66.7 Å². The highest BCUT2D eigenvalue weighted by Crippen LogP contribution is 1.90. The normalized spacial score (nSPS) is 13.0. The standard InChI is InChI=1S/C7H15NO3/c1-10-4-3-6(8)7(9)5-11-2/h6H,3-5,8H2,1-2H3. The van der Waals surface area contributed by atoms with Crippen molar-refractivity contribution < 1.29 is 14.3 Å². The van der Waals surface area contributed by atoms with Gasteiger partial charge in [0, 0.05) is 20.8 Å². The van der Waals surface area contributed by atoms with E-state index in [0.29, 0.717) is 13.0 Å². The second-order valence-electron chi connectivity index (χ2n) is 2.29. The molecule has 0 fully saturated rings. The third-order valence-corrected chi connectivity index (χ3v) is 1.33. The van der Waals surface area contributed by atoms with Crippen molar-refractivity contribution in [1.82, 2.24) is 0 Å². The summed E-state index contributed by atoms with van der Waals surface area (Å²) in [7, 11) is 3.05. The fourth-order valence-corrected chi connectivity index (χ4v) is 0.655. The zero-order valence-electron chi connectivity index (χ0n) is 7.00. The van der Waals surface area contributed by atoms with Crippen LogP contribution >= 0.6 is 0 Å². The molecule has 2 N–H and O–H groups in total. The monoisotopic (exact) mass is 161 g/mol. The van der Waals surface area contributed by atoms with Crippen molar-refractivity contribution in [2.75, 3.05) is 27.4 Å². The molecule has 11 heavy (non-hydrogen) atoms. The van der Waals surface area contributed by atoms with Gasteiger partial charge in [-0.1, -0.05) is 0 Å². The first kappa shape index (κ1) is 10.6. The molecule has 0 spiro atoms. The van der Waals surface area contributed by atoms with Gasteiger partial charge in [0.25, 0.3) is 0 Å². The second kappa shape index (κ2) is 6.27. The lowest BCUT2D eigenvalue weighted by Crippen LogP contribution is -2.34. The van der Waals surface area contributed by atoms with E-state index >= 15 is 0 Å². The van der Waals surface area contributed by atoms with Gasteiger partial charge in [-0.25, -0.2) is 0 Å². The first-order valence-electron chi connectivity index (χ1n) is 3.48. The molecule has 0 amide bonds. The van der Waals surface area contributed by atoms with Crippen molar-refractivity contribution in [3.8, 4) is 0 Å². The van der Waals surface area contributed by atoms with Crippen LogP contribution < -0.4 is 5.73 Å². The molecule has 0 aliphatic heterocycles. The van der Waals surface area contributed by atoms with Crippen LogP contribution in [0.4, 0.5) is 0 Å². The molecule has 4 nitrogen and oxygen atoms in total. The lowest BCUT2D eigenvalue weighted by atomic mass is 10.1. The first-order chi connectivity index (χ1) is 5.22. The highest BCUT2D eigenvalue weighted by atomic mass is 16.5. The minimum absolute atomic E-state index is 0.0791. The van der Waals surface area contributed by atoms with E-state index in [0.717, 1.165) is 0 Å². The van der Waals surface area contributed by atoms with Crippen LogP contribution in [0.2, 0.25) is 0 Å². The maximum atomic E-state index is 10.9. The molecule has 1 unspecified atom stereocenters. The zero-order chi connectivity index (χ0) is 8.69. The summed E-state index contributed by atoms with van der Waals surface area (Å²) in [6.45, 7) is 0.599. The molecule has 1 atom stereocenters. The summed E-state index contributed by atoms with van der Waals surface area (Å²) in [4.78, 5) is 10.9. The summed E-state index contributed by atoms with van der Waals surface area (Å²) in [5, 5.41) is 0. The van der Waals surface area contributed by atoms with Crippen molar-refractivity contribution >= 4 is 5.78 Å². The maximum Gasteiger partial charge on any atom is 0.175 e. The highest BCUT2D eigenvalue weighted by molar-refractivity contribution is 5.84. The van der Waals surface area contributed by atoms with Gasteiger partial charge in [-0.05, 0) is 6.42 Å². The number of methoxy groups -OCH3 is 2. The molecule has 0 aromatic carbocycles. The van der Waals surface area contributed by atoms with Gasteiger partial charge in [0.2, 0.25) is 0 Å². The fraction of sp³-hybridized carbons (Fsp3) is 0.857. The molecule has 0 radical (unpaired) electrons. The third-order valence-electron chi connectivity index (χ3n) is 1.33. The Kier molecular flexibility index (Phi) is 6.02. The van der Waals surface area contributed by atoms with Crippen LogP contribution in [-0.2, 0) is 14.3 Å². The number of hydrogen-bond donors (Lipinski definition) is 1. The van der Waals surface area contributed by atoms with Gasteiger partial charge in [-0.2, -0.15) is 0 Å². The molecule has 0 rings (SSSR count). The zero-order valence-corrected chi connectivity index (χ0v) is 7.00. The van der Waals surface area contributed by atoms with E-state index in [1.54, 1.807) is 7.11 Å². The molecule has 4 heteroatoms. The molecule has 0 saturated carbocycles. The van der Waals surface area contributed by atoms with Gasteiger partial charge in [-0.3, -0.25) is 4.79 Å². The van der Waals surface area contributed by atoms with E-state index < -0.39 is 6.04 Å². The predicted octanol–water partition coefficient (Wildman–Crippen LogP) is -0.434. The van der Waals surface area contributed by atoms with E-state index in [-0.39, 0.29) is 12.4 Å². The average molecular weight is 161 g/mol. The Hall–Kier alpha value is -0.450. The molecule has 66 valence electrons. The Morgan fingerprint density at radius 3 is 2.55 bits per heavy atom. The number of ether oxygens (including phenoxy) is 2. The summed E-state index contributed by atoms with van der Waals surface area (Å²) < 4.78 is 9.40. The molecule has 0 bridgehead atoms. The van der Waals surface area contributed by atoms with Crippen LogP contribution in [0.25, 0.3) is 0 Å². The Bertz CT molecular complexity index is 116. The van der Waals surface area contributed by atoms with E-state index in [1.807, 2.05) is 0 Å². The SMILES string of the molecule is COCCC(N)C(=O)COC. The van der Waals surface area contributed by atoms with Gasteiger partial charge >= 0.3 is 0 Å². The number of nitrogens with two attached hydrogens (primary N) is 1. The van der Waals surface area contributed by atoms with Crippen molar-refractivity contribution in [1.29, 1.82) is 0 Å². The minimum atomic E-state index is -0.449. The smallest absolute Gasteiger partial charge is 0.175 e. The molecule has 0 aliphatic carbocycles. The number of carbonyl (C=O) groups is 1. The van der Waals surface area contributed by atoms with Crippen LogP contribution in [0.5, 0.6) is 0 Å². The van der Waals surface area contributed by atoms with Crippen molar-refractivity contribution in [2.45, 2.75) is 12.5 Å². The van der Waals surface area contributed by atoms with E-state index in [2.05, 4.69) is 4.74 Å². The van der Waals surface area contributed by atoms with E-state index in [9.17, 15) is 4.79 Å². The van der Waals surface area contributed by atoms with Gasteiger partial charge < -0.3 is 15.2 Å². The third kappa shape index (κ3) is 4.89. The molecule has 0 saturated heterocycles. The average Bonchev–Trinajstić information content (AvgIpc) is 2.00. The molecule has 0 aromatic heterocycles. The quantitative estimate of drug-likeness (QED) is 0.574. The van der Waals surface area contributed by atoms with Crippen LogP contribution in [0.15, 0.2) is 0 Å². The van der Waals surface area contributed by atoms with Crippen molar-refractivity contribution in [3.05, 3.63) is 0 Å². The van der Waals surface area contributed by atoms with Crippen molar-refractivity contribution in [2.24, 2.45) is 5.73 Å². The number of rotatable bonds is 6. The summed E-state index contributed by atoms with van der Waals surface area (Å²) in [6, 6.07) is -0.449. The van der Waals surface area contributed by atoms with Crippen LogP contribution in [-0.4, -0.2) is 39.3 Å². The van der Waals surface area contributed by atoms with Crippen molar-refractivity contribution in [3.63, 3.8) is 0 Å². The molecule has 0 heterocycles. The summed E-state index contributed by atoms with van der Waals surface area (Å²) in [5.41, 5.74) is 5.48. The molecule has 0 aromatic rings. The molecular weight excluding hydrogens is 146 g/mol. The number of Topliss-reactive ketones (excluding diaryl/α,β-unsaturated/α-hetero) is 1. The van der Waals surface area contributed by atoms with Crippen LogP contribution in [0.1, 0.15) is 6.42 Å². The van der Waals surface area contributed by atoms with Crippen LogP contribution in [0.3, 0.4) is 0 Å². The topological polar surface area (TPSA) is 61.5 Å². The lowest BCUT2D eigenvalue weighted by molar-refractivity contribution is -0.124. The van der Waals surface area contributed by atoms with E-state index in [4.69, 9.17) is 10.5 Å². The van der Waals surface area contributed by atoms with E-state index in [1.165, 1.54) is 7.11 Å². The largest absolute Gasteiger partial charge is 0.385 e. The number of carbonyl (C=O) groups excluding carboxylic acids is 1. The minimum Gasteiger partial charge on any atom is -0.385 e. The number of ketones is 1. The summed E-state index contributed by atoms with van der Waals surface area (Å²) in [6.07, 6.45) is 0.554. The second-order valence-corrected chi connectivity index (χ2v) is 2.29. The summed E-state index contributed by atoms with van der Waals surface area (Å²) >= 11 is 0. The van der Waals surface area contributed by atoms with Gasteiger partial charge in [0.1, 0.15) is 6.61 Å². The van der Waals surface area contributed by atoms with Gasteiger partial charge in [0.05, 0.1) is 6.04 Å². The Balaban J connectivity index is 3.46. The predicted molar refractivity (Wildman–Crippen MR) is 41.4 cm³/mol. The van der Waals surface area contributed by atoms with Gasteiger partial charge in [0.15, 0.2) is 5.78 Å². The van der Waals surface area contributed by atoms with Crippen LogP contribution in [0, 0.1) is 0 Å². The highest BCUT2D eigenvalue weighted by Gasteiger charge is 2.11. The van der Waals surface area contributed by atoms with Gasteiger partial charge in [-0.15, -0.1) is 0 Å². The number of hydrogen-bond acceptors (Lipinski definition) is 4. The fourth-order valence-electron chi connectivity index (χ4n) is 0.655. The molecule has 0 aliphatic rings. The summed E-state index contributed by atoms with van der Waals surface area (Å²) in [5.74, 6) is -0.0791.